The number of anilines is 2. The van der Waals surface area contributed by atoms with Crippen LogP contribution in [0.25, 0.3) is 0 Å². The second-order valence-electron chi connectivity index (χ2n) is 5.68. The molecule has 138 valence electrons. The molecule has 0 atom stereocenters. The predicted molar refractivity (Wildman–Crippen MR) is 104 cm³/mol. The third-order valence-corrected chi connectivity index (χ3v) is 4.17. The number of carbonyl (C=O) groups excluding carboxylic acids is 1. The molecule has 27 heavy (non-hydrogen) atoms. The van der Waals surface area contributed by atoms with E-state index in [-0.39, 0.29) is 10.6 Å². The number of ether oxygens (including phenoxy) is 1. The predicted octanol–water partition coefficient (Wildman–Crippen LogP) is 4.75. The summed E-state index contributed by atoms with van der Waals surface area (Å²) in [6.07, 6.45) is 1.59. The third-order valence-electron chi connectivity index (χ3n) is 3.85. The molecule has 1 heterocycles. The van der Waals surface area contributed by atoms with Crippen molar-refractivity contribution >= 4 is 29.0 Å². The molecule has 5 nitrogen and oxygen atoms in total. The average molecular weight is 386 g/mol. The zero-order valence-electron chi connectivity index (χ0n) is 14.5. The van der Waals surface area contributed by atoms with Gasteiger partial charge >= 0.3 is 0 Å². The van der Waals surface area contributed by atoms with Gasteiger partial charge in [-0.3, -0.25) is 4.79 Å². The summed E-state index contributed by atoms with van der Waals surface area (Å²) < 4.78 is 18.9. The lowest BCUT2D eigenvalue weighted by Gasteiger charge is -2.09. The Balaban J connectivity index is 1.60. The maximum Gasteiger partial charge on any atom is 0.261 e. The molecule has 2 aromatic carbocycles. The van der Waals surface area contributed by atoms with Crippen LogP contribution in [-0.2, 0) is 6.54 Å². The van der Waals surface area contributed by atoms with Crippen molar-refractivity contribution in [1.82, 2.24) is 4.98 Å². The van der Waals surface area contributed by atoms with Gasteiger partial charge in [-0.1, -0.05) is 29.8 Å². The Morgan fingerprint density at radius 3 is 2.56 bits per heavy atom. The number of carbonyl (C=O) groups is 1. The van der Waals surface area contributed by atoms with Crippen molar-refractivity contribution in [1.29, 1.82) is 0 Å². The fourth-order valence-electron chi connectivity index (χ4n) is 2.41. The molecule has 7 heteroatoms. The second-order valence-corrected chi connectivity index (χ2v) is 6.09. The number of rotatable bonds is 6. The molecule has 0 bridgehead atoms. The zero-order valence-corrected chi connectivity index (χ0v) is 15.3. The Morgan fingerprint density at radius 1 is 1.15 bits per heavy atom. The van der Waals surface area contributed by atoms with Crippen molar-refractivity contribution in [2.75, 3.05) is 17.7 Å². The molecule has 0 saturated carbocycles. The number of halogens is 2. The molecule has 0 unspecified atom stereocenters. The first-order chi connectivity index (χ1) is 13.1. The van der Waals surface area contributed by atoms with Crippen molar-refractivity contribution in [3.63, 3.8) is 0 Å². The summed E-state index contributed by atoms with van der Waals surface area (Å²) in [7, 11) is 1.62. The van der Waals surface area contributed by atoms with E-state index in [1.54, 1.807) is 25.4 Å². The van der Waals surface area contributed by atoms with Crippen LogP contribution in [-0.4, -0.2) is 18.0 Å². The number of hydrogen-bond acceptors (Lipinski definition) is 4. The van der Waals surface area contributed by atoms with Crippen LogP contribution < -0.4 is 15.4 Å². The Kier molecular flexibility index (Phi) is 5.88. The van der Waals surface area contributed by atoms with Crippen LogP contribution >= 0.6 is 11.6 Å². The van der Waals surface area contributed by atoms with Crippen molar-refractivity contribution in [2.45, 2.75) is 6.54 Å². The van der Waals surface area contributed by atoms with Crippen molar-refractivity contribution in [3.8, 4) is 5.75 Å². The minimum atomic E-state index is -0.683. The quantitative estimate of drug-likeness (QED) is 0.643. The first-order valence-corrected chi connectivity index (χ1v) is 8.53. The topological polar surface area (TPSA) is 63.2 Å². The van der Waals surface area contributed by atoms with Crippen LogP contribution in [0, 0.1) is 5.82 Å². The van der Waals surface area contributed by atoms with Gasteiger partial charge in [0.05, 0.1) is 29.6 Å². The molecular weight excluding hydrogens is 369 g/mol. The van der Waals surface area contributed by atoms with Crippen LogP contribution in [0.1, 0.15) is 15.9 Å². The molecule has 0 saturated heterocycles. The van der Waals surface area contributed by atoms with Gasteiger partial charge in [-0.15, -0.1) is 0 Å². The van der Waals surface area contributed by atoms with Crippen LogP contribution in [0.5, 0.6) is 5.75 Å². The summed E-state index contributed by atoms with van der Waals surface area (Å²) in [5.41, 5.74) is 1.66. The van der Waals surface area contributed by atoms with Crippen molar-refractivity contribution in [2.24, 2.45) is 0 Å². The number of nitrogens with one attached hydrogen (secondary N) is 2. The number of methoxy groups -OCH3 is 1. The Labute approximate surface area is 161 Å². The molecule has 0 aliphatic carbocycles. The largest absolute Gasteiger partial charge is 0.497 e. The maximum absolute atomic E-state index is 13.8. The van der Waals surface area contributed by atoms with E-state index < -0.39 is 11.7 Å². The van der Waals surface area contributed by atoms with Gasteiger partial charge in [0.15, 0.2) is 0 Å². The number of benzene rings is 2. The van der Waals surface area contributed by atoms with Gasteiger partial charge in [0.1, 0.15) is 17.4 Å². The summed E-state index contributed by atoms with van der Waals surface area (Å²) in [5, 5.41) is 5.82. The SMILES string of the molecule is COc1ccc(CNc2ccc(NC(=O)c3c(F)cccc3Cl)nc2)cc1. The molecule has 0 aliphatic heterocycles. The van der Waals surface area contributed by atoms with E-state index in [9.17, 15) is 9.18 Å². The molecule has 0 fully saturated rings. The Hall–Kier alpha value is -3.12. The lowest BCUT2D eigenvalue weighted by molar-refractivity contribution is 0.102. The highest BCUT2D eigenvalue weighted by Gasteiger charge is 2.16. The molecule has 3 rings (SSSR count). The van der Waals surface area contributed by atoms with Gasteiger partial charge in [0.2, 0.25) is 0 Å². The molecular formula is C20H17ClFN3O2. The summed E-state index contributed by atoms with van der Waals surface area (Å²) in [6.45, 7) is 0.613. The number of amides is 1. The summed E-state index contributed by atoms with van der Waals surface area (Å²) in [4.78, 5) is 16.4. The third kappa shape index (κ3) is 4.74. The van der Waals surface area contributed by atoms with E-state index in [2.05, 4.69) is 15.6 Å². The van der Waals surface area contributed by atoms with Gasteiger partial charge in [0.25, 0.3) is 5.91 Å². The monoisotopic (exact) mass is 385 g/mol. The van der Waals surface area contributed by atoms with Gasteiger partial charge in [-0.25, -0.2) is 9.37 Å². The van der Waals surface area contributed by atoms with E-state index in [1.165, 1.54) is 18.2 Å². The Bertz CT molecular complexity index is 911. The number of nitrogens with zero attached hydrogens (tertiary/aromatic N) is 1. The molecule has 2 N–H and O–H groups in total. The summed E-state index contributed by atoms with van der Waals surface area (Å²) in [5.74, 6) is -0.230. The van der Waals surface area contributed by atoms with E-state index in [0.717, 1.165) is 17.0 Å². The summed E-state index contributed by atoms with van der Waals surface area (Å²) in [6, 6.07) is 15.2. The molecule has 1 amide bonds. The second kappa shape index (κ2) is 8.51. The van der Waals surface area contributed by atoms with Crippen LogP contribution in [0.2, 0.25) is 5.02 Å². The minimum Gasteiger partial charge on any atom is -0.497 e. The van der Waals surface area contributed by atoms with Gasteiger partial charge in [0, 0.05) is 6.54 Å². The number of pyridine rings is 1. The fraction of sp³-hybridized carbons (Fsp3) is 0.100. The van der Waals surface area contributed by atoms with Crippen LogP contribution in [0.15, 0.2) is 60.8 Å². The van der Waals surface area contributed by atoms with Crippen molar-refractivity contribution < 1.29 is 13.9 Å². The van der Waals surface area contributed by atoms with E-state index in [4.69, 9.17) is 16.3 Å². The van der Waals surface area contributed by atoms with E-state index >= 15 is 0 Å². The van der Waals surface area contributed by atoms with Gasteiger partial charge in [-0.2, -0.15) is 0 Å². The van der Waals surface area contributed by atoms with Crippen molar-refractivity contribution in [3.05, 3.63) is 82.8 Å². The molecule has 1 aromatic heterocycles. The Morgan fingerprint density at radius 2 is 1.93 bits per heavy atom. The molecule has 3 aromatic rings. The van der Waals surface area contributed by atoms with E-state index in [0.29, 0.717) is 12.4 Å². The lowest BCUT2D eigenvalue weighted by Crippen LogP contribution is -2.15. The zero-order chi connectivity index (χ0) is 19.2. The molecule has 0 radical (unpaired) electrons. The fourth-order valence-corrected chi connectivity index (χ4v) is 2.66. The highest BCUT2D eigenvalue weighted by atomic mass is 35.5. The summed E-state index contributed by atoms with van der Waals surface area (Å²) >= 11 is 5.90. The lowest BCUT2D eigenvalue weighted by atomic mass is 10.2. The number of hydrogen-bond donors (Lipinski definition) is 2. The first-order valence-electron chi connectivity index (χ1n) is 8.15. The van der Waals surface area contributed by atoms with Gasteiger partial charge in [-0.05, 0) is 42.0 Å². The smallest absolute Gasteiger partial charge is 0.261 e. The maximum atomic E-state index is 13.8. The first kappa shape index (κ1) is 18.7. The van der Waals surface area contributed by atoms with Gasteiger partial charge < -0.3 is 15.4 Å². The number of aromatic nitrogens is 1. The van der Waals surface area contributed by atoms with Crippen LogP contribution in [0.3, 0.4) is 0 Å². The van der Waals surface area contributed by atoms with Crippen LogP contribution in [0.4, 0.5) is 15.9 Å². The highest BCUT2D eigenvalue weighted by molar-refractivity contribution is 6.34. The normalized spacial score (nSPS) is 10.3. The molecule has 0 aliphatic rings. The molecule has 0 spiro atoms. The minimum absolute atomic E-state index is 0.0466. The standard InChI is InChI=1S/C20H17ClFN3O2/c1-27-15-8-5-13(6-9-15)11-23-14-7-10-18(24-12-14)25-20(26)19-16(21)3-2-4-17(19)22/h2-10,12,23H,11H2,1H3,(H,24,25,26). The highest BCUT2D eigenvalue weighted by Crippen LogP contribution is 2.20. The average Bonchev–Trinajstić information content (AvgIpc) is 2.68. The van der Waals surface area contributed by atoms with E-state index in [1.807, 2.05) is 24.3 Å².